The van der Waals surface area contributed by atoms with Crippen molar-refractivity contribution in [3.63, 3.8) is 0 Å². The van der Waals surface area contributed by atoms with E-state index in [2.05, 4.69) is 0 Å². The van der Waals surface area contributed by atoms with Crippen LogP contribution in [0.15, 0.2) is 30.3 Å². The lowest BCUT2D eigenvalue weighted by atomic mass is 10.1. The fraction of sp³-hybridized carbons (Fsp3) is 0.125. The minimum Gasteiger partial charge on any atom is -0.387 e. The second kappa shape index (κ2) is 3.34. The molecule has 0 saturated carbocycles. The van der Waals surface area contributed by atoms with Crippen molar-refractivity contribution in [2.45, 2.75) is 6.10 Å². The minimum atomic E-state index is -0.860. The standard InChI is InChI=1S/C8H9O2/c9-6-8(10)7-4-2-1-3-5-7/h1-6,8-10H. The third-order valence-electron chi connectivity index (χ3n) is 1.28. The van der Waals surface area contributed by atoms with Gasteiger partial charge in [0.05, 0.1) is 0 Å². The lowest BCUT2D eigenvalue weighted by Crippen LogP contribution is -1.95. The first kappa shape index (κ1) is 7.25. The van der Waals surface area contributed by atoms with E-state index in [1.165, 1.54) is 0 Å². The predicted octanol–water partition coefficient (Wildman–Crippen LogP) is 1.25. The van der Waals surface area contributed by atoms with Crippen molar-refractivity contribution >= 4 is 0 Å². The van der Waals surface area contributed by atoms with Crippen LogP contribution in [0.25, 0.3) is 0 Å². The molecule has 0 amide bonds. The Hall–Kier alpha value is -0.860. The van der Waals surface area contributed by atoms with E-state index >= 15 is 0 Å². The number of benzene rings is 1. The SMILES string of the molecule is O[CH]C(O)c1ccccc1. The van der Waals surface area contributed by atoms with Gasteiger partial charge in [-0.3, -0.25) is 0 Å². The molecule has 0 aromatic heterocycles. The summed E-state index contributed by atoms with van der Waals surface area (Å²) >= 11 is 0. The molecule has 1 radical (unpaired) electrons. The van der Waals surface area contributed by atoms with Crippen LogP contribution < -0.4 is 0 Å². The van der Waals surface area contributed by atoms with Gasteiger partial charge in [-0.15, -0.1) is 0 Å². The molecule has 0 aliphatic carbocycles. The summed E-state index contributed by atoms with van der Waals surface area (Å²) in [7, 11) is 0. The summed E-state index contributed by atoms with van der Waals surface area (Å²) in [6.07, 6.45) is -0.860. The van der Waals surface area contributed by atoms with Crippen molar-refractivity contribution in [3.05, 3.63) is 42.5 Å². The molecule has 2 nitrogen and oxygen atoms in total. The Morgan fingerprint density at radius 2 is 1.80 bits per heavy atom. The van der Waals surface area contributed by atoms with Crippen molar-refractivity contribution in [1.29, 1.82) is 0 Å². The molecule has 1 atom stereocenters. The van der Waals surface area contributed by atoms with Crippen molar-refractivity contribution in [1.82, 2.24) is 0 Å². The summed E-state index contributed by atoms with van der Waals surface area (Å²) < 4.78 is 0. The Morgan fingerprint density at radius 1 is 1.20 bits per heavy atom. The molecule has 1 rings (SSSR count). The lowest BCUT2D eigenvalue weighted by Gasteiger charge is -2.04. The first-order valence-corrected chi connectivity index (χ1v) is 3.05. The third-order valence-corrected chi connectivity index (χ3v) is 1.28. The maximum atomic E-state index is 9.02. The summed E-state index contributed by atoms with van der Waals surface area (Å²) in [5.74, 6) is 0. The van der Waals surface area contributed by atoms with Crippen LogP contribution in [-0.2, 0) is 0 Å². The summed E-state index contributed by atoms with van der Waals surface area (Å²) in [6, 6.07) is 8.96. The molecule has 0 spiro atoms. The zero-order chi connectivity index (χ0) is 7.40. The van der Waals surface area contributed by atoms with Crippen molar-refractivity contribution in [2.24, 2.45) is 0 Å². The van der Waals surface area contributed by atoms with E-state index in [-0.39, 0.29) is 0 Å². The molecular weight excluding hydrogens is 128 g/mol. The monoisotopic (exact) mass is 137 g/mol. The topological polar surface area (TPSA) is 40.5 Å². The molecule has 0 aliphatic heterocycles. The fourth-order valence-corrected chi connectivity index (χ4v) is 0.736. The predicted molar refractivity (Wildman–Crippen MR) is 37.6 cm³/mol. The van der Waals surface area contributed by atoms with Crippen LogP contribution in [0.4, 0.5) is 0 Å². The Labute approximate surface area is 59.7 Å². The van der Waals surface area contributed by atoms with Crippen molar-refractivity contribution in [3.8, 4) is 0 Å². The molecular formula is C8H9O2. The van der Waals surface area contributed by atoms with Gasteiger partial charge in [-0.25, -0.2) is 0 Å². The molecule has 0 aliphatic rings. The molecule has 0 fully saturated rings. The second-order valence-electron chi connectivity index (χ2n) is 2.00. The minimum absolute atomic E-state index is 0.699. The van der Waals surface area contributed by atoms with E-state index in [0.29, 0.717) is 5.56 Å². The van der Waals surface area contributed by atoms with Crippen LogP contribution >= 0.6 is 0 Å². The zero-order valence-corrected chi connectivity index (χ0v) is 5.44. The molecule has 10 heavy (non-hydrogen) atoms. The van der Waals surface area contributed by atoms with E-state index in [4.69, 9.17) is 10.2 Å². The highest BCUT2D eigenvalue weighted by Gasteiger charge is 2.02. The van der Waals surface area contributed by atoms with Crippen LogP contribution in [0.2, 0.25) is 0 Å². The summed E-state index contributed by atoms with van der Waals surface area (Å²) in [4.78, 5) is 0. The smallest absolute Gasteiger partial charge is 0.113 e. The van der Waals surface area contributed by atoms with Gasteiger partial charge in [-0.2, -0.15) is 0 Å². The quantitative estimate of drug-likeness (QED) is 0.644. The van der Waals surface area contributed by atoms with E-state index in [1.54, 1.807) is 12.1 Å². The van der Waals surface area contributed by atoms with Gasteiger partial charge >= 0.3 is 0 Å². The average molecular weight is 137 g/mol. The van der Waals surface area contributed by atoms with Crippen LogP contribution in [-0.4, -0.2) is 10.2 Å². The second-order valence-corrected chi connectivity index (χ2v) is 2.00. The van der Waals surface area contributed by atoms with E-state index in [0.717, 1.165) is 6.61 Å². The molecule has 2 N–H and O–H groups in total. The number of hydrogen-bond donors (Lipinski definition) is 2. The highest BCUT2D eigenvalue weighted by Crippen LogP contribution is 2.12. The van der Waals surface area contributed by atoms with E-state index in [9.17, 15) is 0 Å². The normalized spacial score (nSPS) is 13.0. The third kappa shape index (κ3) is 1.56. The van der Waals surface area contributed by atoms with Gasteiger partial charge in [0.1, 0.15) is 12.7 Å². The number of aliphatic hydroxyl groups is 2. The molecule has 0 bridgehead atoms. The molecule has 0 saturated heterocycles. The highest BCUT2D eigenvalue weighted by molar-refractivity contribution is 5.18. The molecule has 1 aromatic carbocycles. The lowest BCUT2D eigenvalue weighted by molar-refractivity contribution is 0.147. The summed E-state index contributed by atoms with van der Waals surface area (Å²) in [5.41, 5.74) is 0.699. The molecule has 53 valence electrons. The first-order valence-electron chi connectivity index (χ1n) is 3.05. The summed E-state index contributed by atoms with van der Waals surface area (Å²) in [6.45, 7) is 0.759. The van der Waals surface area contributed by atoms with Gasteiger partial charge < -0.3 is 10.2 Å². The van der Waals surface area contributed by atoms with E-state index < -0.39 is 6.10 Å². The molecule has 1 unspecified atom stereocenters. The summed E-state index contributed by atoms with van der Waals surface area (Å²) in [5, 5.41) is 17.4. The maximum absolute atomic E-state index is 9.02. The molecule has 0 heterocycles. The first-order chi connectivity index (χ1) is 4.84. The maximum Gasteiger partial charge on any atom is 0.113 e. The van der Waals surface area contributed by atoms with Gasteiger partial charge in [0.15, 0.2) is 0 Å². The Bertz CT molecular complexity index is 184. The Morgan fingerprint density at radius 3 is 2.30 bits per heavy atom. The van der Waals surface area contributed by atoms with Crippen molar-refractivity contribution < 1.29 is 10.2 Å². The van der Waals surface area contributed by atoms with Gasteiger partial charge in [0, 0.05) is 0 Å². The average Bonchev–Trinajstić information content (AvgIpc) is 2.05. The van der Waals surface area contributed by atoms with Gasteiger partial charge in [-0.05, 0) is 5.56 Å². The largest absolute Gasteiger partial charge is 0.387 e. The van der Waals surface area contributed by atoms with Crippen LogP contribution in [0.1, 0.15) is 11.7 Å². The molecule has 2 heteroatoms. The molecule has 1 aromatic rings. The van der Waals surface area contributed by atoms with Gasteiger partial charge in [0.25, 0.3) is 0 Å². The Kier molecular flexibility index (Phi) is 2.42. The number of rotatable bonds is 2. The number of hydrogen-bond acceptors (Lipinski definition) is 2. The van der Waals surface area contributed by atoms with Crippen LogP contribution in [0.5, 0.6) is 0 Å². The van der Waals surface area contributed by atoms with E-state index in [1.807, 2.05) is 18.2 Å². The number of aliphatic hydroxyl groups excluding tert-OH is 2. The van der Waals surface area contributed by atoms with Crippen LogP contribution in [0, 0.1) is 6.61 Å². The Balaban J connectivity index is 2.75. The van der Waals surface area contributed by atoms with Crippen LogP contribution in [0.3, 0.4) is 0 Å². The van der Waals surface area contributed by atoms with Crippen molar-refractivity contribution in [2.75, 3.05) is 0 Å². The van der Waals surface area contributed by atoms with Gasteiger partial charge in [0.2, 0.25) is 0 Å². The van der Waals surface area contributed by atoms with Gasteiger partial charge in [-0.1, -0.05) is 30.3 Å². The fourth-order valence-electron chi connectivity index (χ4n) is 0.736. The zero-order valence-electron chi connectivity index (χ0n) is 5.44. The highest BCUT2D eigenvalue weighted by atomic mass is 16.3.